The second kappa shape index (κ2) is 2.83. The number of nitrogens with one attached hydrogen (secondary N) is 1. The van der Waals surface area contributed by atoms with E-state index in [1.165, 1.54) is 0 Å². The molecule has 2 fully saturated rings. The number of carbonyl (C=O) groups is 1. The largest absolute Gasteiger partial charge is 0.347 e. The Hall–Kier alpha value is -1.35. The van der Waals surface area contributed by atoms with E-state index in [4.69, 9.17) is 5.73 Å². The van der Waals surface area contributed by atoms with Crippen LogP contribution in [0.1, 0.15) is 24.4 Å². The summed E-state index contributed by atoms with van der Waals surface area (Å²) in [7, 11) is 0. The van der Waals surface area contributed by atoms with E-state index in [2.05, 4.69) is 5.32 Å². The molecule has 1 aliphatic heterocycles. The van der Waals surface area contributed by atoms with Crippen molar-refractivity contribution in [1.29, 1.82) is 0 Å². The fourth-order valence-electron chi connectivity index (χ4n) is 2.49. The third kappa shape index (κ3) is 1.13. The van der Waals surface area contributed by atoms with E-state index in [9.17, 15) is 4.79 Å². The second-order valence-electron chi connectivity index (χ2n) is 4.54. The number of rotatable bonds is 1. The van der Waals surface area contributed by atoms with Crippen LogP contribution < -0.4 is 11.1 Å². The van der Waals surface area contributed by atoms with E-state index in [-0.39, 0.29) is 23.4 Å². The smallest absolute Gasteiger partial charge is 0.228 e. The minimum absolute atomic E-state index is 0.00111. The molecule has 78 valence electrons. The molecule has 15 heavy (non-hydrogen) atoms. The zero-order chi connectivity index (χ0) is 10.5. The van der Waals surface area contributed by atoms with Crippen molar-refractivity contribution in [3.8, 4) is 0 Å². The molecule has 1 heterocycles. The Morgan fingerprint density at radius 2 is 1.93 bits per heavy atom. The molecule has 3 rings (SSSR count). The molecule has 1 saturated heterocycles. The highest BCUT2D eigenvalue weighted by molar-refractivity contribution is 5.89. The highest BCUT2D eigenvalue weighted by Gasteiger charge is 2.61. The van der Waals surface area contributed by atoms with Crippen LogP contribution >= 0.6 is 0 Å². The number of carbonyl (C=O) groups excluding carboxylic acids is 1. The Morgan fingerprint density at radius 3 is 2.47 bits per heavy atom. The van der Waals surface area contributed by atoms with Crippen LogP contribution in [0.4, 0.5) is 0 Å². The van der Waals surface area contributed by atoms with Gasteiger partial charge in [0, 0.05) is 6.04 Å². The van der Waals surface area contributed by atoms with Crippen molar-refractivity contribution in [3.63, 3.8) is 0 Å². The predicted molar refractivity (Wildman–Crippen MR) is 57.0 cm³/mol. The maximum atomic E-state index is 11.8. The van der Waals surface area contributed by atoms with Gasteiger partial charge in [0.25, 0.3) is 0 Å². The lowest BCUT2D eigenvalue weighted by molar-refractivity contribution is -0.123. The summed E-state index contributed by atoms with van der Waals surface area (Å²) < 4.78 is 0. The second-order valence-corrected chi connectivity index (χ2v) is 4.54. The molecular formula is C12H14N2O. The molecule has 0 radical (unpaired) electrons. The average Bonchev–Trinajstić information content (AvgIpc) is 3.03. The molecule has 1 saturated carbocycles. The first kappa shape index (κ1) is 8.92. The molecular weight excluding hydrogens is 188 g/mol. The van der Waals surface area contributed by atoms with Gasteiger partial charge in [0.1, 0.15) is 0 Å². The lowest BCUT2D eigenvalue weighted by atomic mass is 9.92. The predicted octanol–water partition coefficient (Wildman–Crippen LogP) is 0.965. The van der Waals surface area contributed by atoms with E-state index in [1.807, 2.05) is 30.3 Å². The normalized spacial score (nSPS) is 31.7. The summed E-state index contributed by atoms with van der Waals surface area (Å²) in [5.41, 5.74) is 7.04. The van der Waals surface area contributed by atoms with Crippen molar-refractivity contribution in [1.82, 2.24) is 5.32 Å². The summed E-state index contributed by atoms with van der Waals surface area (Å²) in [6.07, 6.45) is 1.90. The SMILES string of the molecule is N[C@@H]1C(c2ccccc2)NC(=O)C12CC2. The minimum Gasteiger partial charge on any atom is -0.347 e. The van der Waals surface area contributed by atoms with Crippen molar-refractivity contribution in [2.75, 3.05) is 0 Å². The van der Waals surface area contributed by atoms with Crippen LogP contribution in [0.15, 0.2) is 30.3 Å². The number of hydrogen-bond donors (Lipinski definition) is 2. The number of nitrogens with two attached hydrogens (primary N) is 1. The first-order valence-corrected chi connectivity index (χ1v) is 5.35. The standard InChI is InChI=1S/C12H14N2O/c13-10-9(8-4-2-1-3-5-8)14-11(15)12(10)6-7-12/h1-5,9-10H,6-7,13H2,(H,14,15)/t9?,10-/m1/s1. The highest BCUT2D eigenvalue weighted by Crippen LogP contribution is 2.54. The molecule has 1 aliphatic carbocycles. The Bertz CT molecular complexity index is 397. The van der Waals surface area contributed by atoms with Crippen molar-refractivity contribution >= 4 is 5.91 Å². The van der Waals surface area contributed by atoms with Crippen LogP contribution in [0, 0.1) is 5.41 Å². The van der Waals surface area contributed by atoms with Gasteiger partial charge < -0.3 is 11.1 Å². The molecule has 0 aromatic heterocycles. The number of amides is 1. The Kier molecular flexibility index (Phi) is 1.68. The Balaban J connectivity index is 1.94. The van der Waals surface area contributed by atoms with E-state index in [0.29, 0.717) is 0 Å². The maximum Gasteiger partial charge on any atom is 0.228 e. The molecule has 1 amide bonds. The van der Waals surface area contributed by atoms with Crippen LogP contribution in [0.25, 0.3) is 0 Å². The maximum absolute atomic E-state index is 11.8. The fraction of sp³-hybridized carbons (Fsp3) is 0.417. The van der Waals surface area contributed by atoms with E-state index in [0.717, 1.165) is 18.4 Å². The van der Waals surface area contributed by atoms with E-state index >= 15 is 0 Å². The summed E-state index contributed by atoms with van der Waals surface area (Å²) in [5, 5.41) is 3.01. The van der Waals surface area contributed by atoms with Crippen molar-refractivity contribution < 1.29 is 4.79 Å². The molecule has 1 aromatic carbocycles. The van der Waals surface area contributed by atoms with Gasteiger partial charge in [-0.25, -0.2) is 0 Å². The van der Waals surface area contributed by atoms with Crippen molar-refractivity contribution in [3.05, 3.63) is 35.9 Å². The Morgan fingerprint density at radius 1 is 1.27 bits per heavy atom. The van der Waals surface area contributed by atoms with Crippen molar-refractivity contribution in [2.24, 2.45) is 11.1 Å². The van der Waals surface area contributed by atoms with Crippen LogP contribution in [0.3, 0.4) is 0 Å². The molecule has 3 N–H and O–H groups in total. The van der Waals surface area contributed by atoms with Gasteiger partial charge in [0.2, 0.25) is 5.91 Å². The lowest BCUT2D eigenvalue weighted by Crippen LogP contribution is -2.33. The highest BCUT2D eigenvalue weighted by atomic mass is 16.2. The van der Waals surface area contributed by atoms with Gasteiger partial charge in [-0.1, -0.05) is 30.3 Å². The molecule has 1 unspecified atom stereocenters. The summed E-state index contributed by atoms with van der Waals surface area (Å²) >= 11 is 0. The summed E-state index contributed by atoms with van der Waals surface area (Å²) in [6.45, 7) is 0. The lowest BCUT2D eigenvalue weighted by Gasteiger charge is -2.17. The summed E-state index contributed by atoms with van der Waals surface area (Å²) in [6, 6.07) is 9.91. The third-order valence-corrected chi connectivity index (χ3v) is 3.68. The van der Waals surface area contributed by atoms with Gasteiger partial charge in [0.05, 0.1) is 11.5 Å². The zero-order valence-electron chi connectivity index (χ0n) is 8.44. The first-order chi connectivity index (χ1) is 7.24. The van der Waals surface area contributed by atoms with Crippen LogP contribution in [-0.2, 0) is 4.79 Å². The van der Waals surface area contributed by atoms with Gasteiger partial charge in [-0.2, -0.15) is 0 Å². The monoisotopic (exact) mass is 202 g/mol. The van der Waals surface area contributed by atoms with Crippen LogP contribution in [0.5, 0.6) is 0 Å². The Labute approximate surface area is 88.7 Å². The summed E-state index contributed by atoms with van der Waals surface area (Å²) in [5.74, 6) is 0.142. The van der Waals surface area contributed by atoms with Gasteiger partial charge in [0.15, 0.2) is 0 Å². The average molecular weight is 202 g/mol. The third-order valence-electron chi connectivity index (χ3n) is 3.68. The minimum atomic E-state index is -0.236. The molecule has 1 aromatic rings. The van der Waals surface area contributed by atoms with Gasteiger partial charge in [-0.3, -0.25) is 4.79 Å². The number of hydrogen-bond acceptors (Lipinski definition) is 2. The molecule has 3 nitrogen and oxygen atoms in total. The summed E-state index contributed by atoms with van der Waals surface area (Å²) in [4.78, 5) is 11.8. The van der Waals surface area contributed by atoms with E-state index < -0.39 is 0 Å². The quantitative estimate of drug-likeness (QED) is 0.712. The molecule has 2 aliphatic rings. The first-order valence-electron chi connectivity index (χ1n) is 5.35. The molecule has 3 heteroatoms. The zero-order valence-corrected chi connectivity index (χ0v) is 8.44. The van der Waals surface area contributed by atoms with Gasteiger partial charge in [-0.05, 0) is 18.4 Å². The molecule has 2 atom stereocenters. The van der Waals surface area contributed by atoms with Gasteiger partial charge in [-0.15, -0.1) is 0 Å². The molecule has 0 bridgehead atoms. The fourth-order valence-corrected chi connectivity index (χ4v) is 2.49. The topological polar surface area (TPSA) is 55.1 Å². The van der Waals surface area contributed by atoms with Crippen molar-refractivity contribution in [2.45, 2.75) is 24.9 Å². The van der Waals surface area contributed by atoms with Crippen LogP contribution in [0.2, 0.25) is 0 Å². The molecule has 1 spiro atoms. The van der Waals surface area contributed by atoms with Crippen LogP contribution in [-0.4, -0.2) is 11.9 Å². The number of benzene rings is 1. The van der Waals surface area contributed by atoms with Gasteiger partial charge >= 0.3 is 0 Å². The van der Waals surface area contributed by atoms with E-state index in [1.54, 1.807) is 0 Å².